The van der Waals surface area contributed by atoms with Gasteiger partial charge < -0.3 is 19.4 Å². The zero-order chi connectivity index (χ0) is 16.5. The van der Waals surface area contributed by atoms with Crippen LogP contribution in [0.4, 0.5) is 4.79 Å². The molecule has 2 rings (SSSR count). The number of nitrogens with zero attached hydrogens (tertiary/aromatic N) is 4. The topological polar surface area (TPSA) is 82.7 Å². The van der Waals surface area contributed by atoms with Crippen LogP contribution >= 0.6 is 0 Å². The standard InChI is InChI=1S/C15H26N4O3/c1-6-11-16-12(22-17-11)15(21)7-8-19(10-15)13(20)18(5)9-14(2,3)4/h21H,6-10H2,1-5H3/t15-/m0/s1. The summed E-state index contributed by atoms with van der Waals surface area (Å²) in [6.07, 6.45) is 1.06. The molecule has 22 heavy (non-hydrogen) atoms. The molecule has 1 atom stereocenters. The van der Waals surface area contributed by atoms with Crippen molar-refractivity contribution in [2.45, 2.75) is 46.1 Å². The van der Waals surface area contributed by atoms with Crippen LogP contribution in [-0.2, 0) is 12.0 Å². The van der Waals surface area contributed by atoms with Crippen molar-refractivity contribution in [3.05, 3.63) is 11.7 Å². The number of amides is 2. The normalized spacial score (nSPS) is 22.2. The Labute approximate surface area is 131 Å². The molecule has 2 heterocycles. The number of hydrogen-bond donors (Lipinski definition) is 1. The maximum absolute atomic E-state index is 12.5. The molecule has 1 fully saturated rings. The summed E-state index contributed by atoms with van der Waals surface area (Å²) in [6.45, 7) is 9.50. The highest BCUT2D eigenvalue weighted by molar-refractivity contribution is 5.74. The van der Waals surface area contributed by atoms with Crippen molar-refractivity contribution in [3.63, 3.8) is 0 Å². The number of β-amino-alcohol motifs (C(OH)–C–C–N with tert-alkyl or cyclic N) is 1. The summed E-state index contributed by atoms with van der Waals surface area (Å²) in [5, 5.41) is 14.5. The first kappa shape index (κ1) is 16.7. The zero-order valence-corrected chi connectivity index (χ0v) is 14.1. The molecule has 124 valence electrons. The summed E-state index contributed by atoms with van der Waals surface area (Å²) in [6, 6.07) is -0.0823. The summed E-state index contributed by atoms with van der Waals surface area (Å²) >= 11 is 0. The van der Waals surface area contributed by atoms with Gasteiger partial charge in [0.1, 0.15) is 0 Å². The highest BCUT2D eigenvalue weighted by atomic mass is 16.5. The summed E-state index contributed by atoms with van der Waals surface area (Å²) in [7, 11) is 1.78. The maximum atomic E-state index is 12.5. The lowest BCUT2D eigenvalue weighted by Gasteiger charge is -2.30. The van der Waals surface area contributed by atoms with E-state index in [2.05, 4.69) is 30.9 Å². The molecule has 1 aromatic rings. The average molecular weight is 310 g/mol. The minimum atomic E-state index is -1.24. The smallest absolute Gasteiger partial charge is 0.319 e. The molecule has 0 saturated carbocycles. The molecular weight excluding hydrogens is 284 g/mol. The Morgan fingerprint density at radius 3 is 2.73 bits per heavy atom. The first-order valence-corrected chi connectivity index (χ1v) is 7.70. The van der Waals surface area contributed by atoms with Gasteiger partial charge >= 0.3 is 6.03 Å². The van der Waals surface area contributed by atoms with Gasteiger partial charge in [-0.15, -0.1) is 0 Å². The van der Waals surface area contributed by atoms with E-state index in [9.17, 15) is 9.90 Å². The van der Waals surface area contributed by atoms with E-state index >= 15 is 0 Å². The van der Waals surface area contributed by atoms with Gasteiger partial charge in [0, 0.05) is 33.0 Å². The number of rotatable bonds is 3. The highest BCUT2D eigenvalue weighted by Gasteiger charge is 2.44. The second-order valence-corrected chi connectivity index (χ2v) is 7.27. The van der Waals surface area contributed by atoms with Gasteiger partial charge in [-0.1, -0.05) is 32.9 Å². The van der Waals surface area contributed by atoms with Crippen LogP contribution in [0.3, 0.4) is 0 Å². The van der Waals surface area contributed by atoms with Crippen LogP contribution in [0.15, 0.2) is 4.52 Å². The van der Waals surface area contributed by atoms with Crippen molar-refractivity contribution in [2.75, 3.05) is 26.7 Å². The van der Waals surface area contributed by atoms with Crippen molar-refractivity contribution < 1.29 is 14.4 Å². The van der Waals surface area contributed by atoms with Gasteiger partial charge in [0.05, 0.1) is 6.54 Å². The Kier molecular flexibility index (Phi) is 4.47. The van der Waals surface area contributed by atoms with E-state index in [1.165, 1.54) is 0 Å². The van der Waals surface area contributed by atoms with Crippen LogP contribution in [-0.4, -0.2) is 57.8 Å². The van der Waals surface area contributed by atoms with Crippen molar-refractivity contribution >= 4 is 6.03 Å². The largest absolute Gasteiger partial charge is 0.378 e. The Hall–Kier alpha value is -1.63. The molecule has 7 nitrogen and oxygen atoms in total. The van der Waals surface area contributed by atoms with E-state index in [4.69, 9.17) is 4.52 Å². The maximum Gasteiger partial charge on any atom is 0.319 e. The summed E-state index contributed by atoms with van der Waals surface area (Å²) in [5.74, 6) is 0.774. The zero-order valence-electron chi connectivity index (χ0n) is 14.1. The first-order valence-electron chi connectivity index (χ1n) is 7.70. The number of aromatic nitrogens is 2. The van der Waals surface area contributed by atoms with Crippen molar-refractivity contribution in [1.29, 1.82) is 0 Å². The van der Waals surface area contributed by atoms with Crippen LogP contribution in [0.2, 0.25) is 0 Å². The molecule has 1 aliphatic heterocycles. The Bertz CT molecular complexity index is 537. The summed E-state index contributed by atoms with van der Waals surface area (Å²) in [5.41, 5.74) is -1.21. The van der Waals surface area contributed by atoms with Crippen LogP contribution < -0.4 is 0 Å². The lowest BCUT2D eigenvalue weighted by atomic mass is 9.96. The lowest BCUT2D eigenvalue weighted by Crippen LogP contribution is -2.44. The number of urea groups is 1. The first-order chi connectivity index (χ1) is 10.1. The number of hydrogen-bond acceptors (Lipinski definition) is 5. The molecule has 1 aliphatic rings. The number of aliphatic hydroxyl groups is 1. The molecule has 2 amide bonds. The van der Waals surface area contributed by atoms with Gasteiger partial charge in [-0.25, -0.2) is 4.79 Å². The fraction of sp³-hybridized carbons (Fsp3) is 0.800. The number of carbonyl (C=O) groups excluding carboxylic acids is 1. The minimum Gasteiger partial charge on any atom is -0.378 e. The lowest BCUT2D eigenvalue weighted by molar-refractivity contribution is 0.0153. The van der Waals surface area contributed by atoms with Crippen molar-refractivity contribution in [3.8, 4) is 0 Å². The molecule has 0 spiro atoms. The molecule has 1 N–H and O–H groups in total. The third-order valence-corrected chi connectivity index (χ3v) is 3.74. The molecule has 0 unspecified atom stereocenters. The summed E-state index contributed by atoms with van der Waals surface area (Å²) < 4.78 is 5.15. The molecular formula is C15H26N4O3. The van der Waals surface area contributed by atoms with Crippen LogP contribution in [0.1, 0.15) is 45.8 Å². The van der Waals surface area contributed by atoms with E-state index < -0.39 is 5.60 Å². The molecule has 7 heteroatoms. The van der Waals surface area contributed by atoms with E-state index in [0.717, 1.165) is 0 Å². The second-order valence-electron chi connectivity index (χ2n) is 7.27. The molecule has 0 aliphatic carbocycles. The van der Waals surface area contributed by atoms with E-state index in [1.54, 1.807) is 16.8 Å². The molecule has 1 aromatic heterocycles. The quantitative estimate of drug-likeness (QED) is 0.917. The van der Waals surface area contributed by atoms with Crippen LogP contribution in [0.25, 0.3) is 0 Å². The average Bonchev–Trinajstić information content (AvgIpc) is 3.03. The molecule has 0 aromatic carbocycles. The number of likely N-dealkylation sites (tertiary alicyclic amines) is 1. The van der Waals surface area contributed by atoms with Gasteiger partial charge in [-0.3, -0.25) is 0 Å². The van der Waals surface area contributed by atoms with Crippen LogP contribution in [0, 0.1) is 5.41 Å². The third kappa shape index (κ3) is 3.58. The highest BCUT2D eigenvalue weighted by Crippen LogP contribution is 2.31. The third-order valence-electron chi connectivity index (χ3n) is 3.74. The van der Waals surface area contributed by atoms with Gasteiger partial charge in [-0.2, -0.15) is 4.98 Å². The monoisotopic (exact) mass is 310 g/mol. The molecule has 0 radical (unpaired) electrons. The van der Waals surface area contributed by atoms with E-state index in [0.29, 0.717) is 31.8 Å². The molecule has 0 bridgehead atoms. The Balaban J connectivity index is 2.03. The van der Waals surface area contributed by atoms with Crippen molar-refractivity contribution in [1.82, 2.24) is 19.9 Å². The predicted molar refractivity (Wildman–Crippen MR) is 81.2 cm³/mol. The van der Waals surface area contributed by atoms with Gasteiger partial charge in [0.15, 0.2) is 11.4 Å². The number of aryl methyl sites for hydroxylation is 1. The van der Waals surface area contributed by atoms with E-state index in [-0.39, 0.29) is 23.9 Å². The van der Waals surface area contributed by atoms with Crippen molar-refractivity contribution in [2.24, 2.45) is 5.41 Å². The Morgan fingerprint density at radius 2 is 2.18 bits per heavy atom. The SMILES string of the molecule is CCc1noc([C@]2(O)CCN(C(=O)N(C)CC(C)(C)C)C2)n1. The van der Waals surface area contributed by atoms with Gasteiger partial charge in [-0.05, 0) is 5.41 Å². The predicted octanol–water partition coefficient (Wildman–Crippen LogP) is 1.62. The van der Waals surface area contributed by atoms with E-state index in [1.807, 2.05) is 6.92 Å². The second kappa shape index (κ2) is 5.87. The molecule has 1 saturated heterocycles. The Morgan fingerprint density at radius 1 is 1.50 bits per heavy atom. The van der Waals surface area contributed by atoms with Crippen LogP contribution in [0.5, 0.6) is 0 Å². The van der Waals surface area contributed by atoms with Gasteiger partial charge in [0.2, 0.25) is 0 Å². The fourth-order valence-corrected chi connectivity index (χ4v) is 2.74. The number of carbonyl (C=O) groups is 1. The summed E-state index contributed by atoms with van der Waals surface area (Å²) in [4.78, 5) is 20.0. The minimum absolute atomic E-state index is 0.0307. The fourth-order valence-electron chi connectivity index (χ4n) is 2.74. The van der Waals surface area contributed by atoms with Gasteiger partial charge in [0.25, 0.3) is 5.89 Å².